The first-order valence-corrected chi connectivity index (χ1v) is 5.06. The molecule has 2 aromatic heterocycles. The Balaban J connectivity index is 2.20. The topological polar surface area (TPSA) is 75.1 Å². The third-order valence-electron chi connectivity index (χ3n) is 2.14. The molecule has 86 valence electrons. The van der Waals surface area contributed by atoms with Crippen molar-refractivity contribution in [2.75, 3.05) is 5.32 Å². The summed E-state index contributed by atoms with van der Waals surface area (Å²) in [4.78, 5) is 19.7. The van der Waals surface area contributed by atoms with Crippen molar-refractivity contribution in [1.82, 2.24) is 9.97 Å². The first kappa shape index (κ1) is 11.1. The molecule has 0 radical (unpaired) electrons. The number of aryl methyl sites for hydroxylation is 1. The fourth-order valence-electron chi connectivity index (χ4n) is 1.33. The Morgan fingerprint density at radius 2 is 2.12 bits per heavy atom. The van der Waals surface area contributed by atoms with Gasteiger partial charge in [-0.2, -0.15) is 0 Å². The molecule has 0 aromatic carbocycles. The average molecular weight is 229 g/mol. The van der Waals surface area contributed by atoms with Crippen LogP contribution in [0.1, 0.15) is 16.2 Å². The van der Waals surface area contributed by atoms with Crippen LogP contribution in [-0.4, -0.2) is 21.0 Å². The van der Waals surface area contributed by atoms with Crippen LogP contribution in [-0.2, 0) is 0 Å². The van der Waals surface area contributed by atoms with Crippen molar-refractivity contribution in [3.8, 4) is 5.75 Å². The van der Waals surface area contributed by atoms with Crippen LogP contribution in [0.5, 0.6) is 5.75 Å². The normalized spacial score (nSPS) is 9.94. The smallest absolute Gasteiger partial charge is 0.275 e. The molecule has 2 rings (SSSR count). The Labute approximate surface area is 98.2 Å². The lowest BCUT2D eigenvalue weighted by molar-refractivity contribution is 0.102. The zero-order valence-corrected chi connectivity index (χ0v) is 9.21. The lowest BCUT2D eigenvalue weighted by Gasteiger charge is -2.05. The van der Waals surface area contributed by atoms with E-state index in [-0.39, 0.29) is 17.3 Å². The van der Waals surface area contributed by atoms with Crippen molar-refractivity contribution >= 4 is 11.7 Å². The van der Waals surface area contributed by atoms with E-state index < -0.39 is 5.91 Å². The van der Waals surface area contributed by atoms with Gasteiger partial charge in [-0.15, -0.1) is 0 Å². The Morgan fingerprint density at radius 3 is 2.82 bits per heavy atom. The highest BCUT2D eigenvalue weighted by molar-refractivity contribution is 6.02. The van der Waals surface area contributed by atoms with Gasteiger partial charge in [0.1, 0.15) is 5.69 Å². The molecule has 2 aromatic rings. The molecule has 0 unspecified atom stereocenters. The first-order chi connectivity index (χ1) is 8.16. The van der Waals surface area contributed by atoms with Gasteiger partial charge in [-0.1, -0.05) is 6.07 Å². The fraction of sp³-hybridized carbons (Fsp3) is 0.0833. The van der Waals surface area contributed by atoms with Gasteiger partial charge < -0.3 is 10.4 Å². The summed E-state index contributed by atoms with van der Waals surface area (Å²) in [5.74, 6) is -0.350. The zero-order valence-electron chi connectivity index (χ0n) is 9.21. The summed E-state index contributed by atoms with van der Waals surface area (Å²) >= 11 is 0. The van der Waals surface area contributed by atoms with Gasteiger partial charge in [0.15, 0.2) is 11.6 Å². The summed E-state index contributed by atoms with van der Waals surface area (Å²) in [6, 6.07) is 8.18. The van der Waals surface area contributed by atoms with E-state index >= 15 is 0 Å². The maximum absolute atomic E-state index is 11.8. The van der Waals surface area contributed by atoms with E-state index in [9.17, 15) is 9.90 Å². The van der Waals surface area contributed by atoms with Gasteiger partial charge in [0.25, 0.3) is 5.91 Å². The van der Waals surface area contributed by atoms with Crippen molar-refractivity contribution in [3.05, 3.63) is 47.9 Å². The first-order valence-electron chi connectivity index (χ1n) is 5.06. The zero-order chi connectivity index (χ0) is 12.3. The van der Waals surface area contributed by atoms with Crippen molar-refractivity contribution in [2.45, 2.75) is 6.92 Å². The highest BCUT2D eigenvalue weighted by Gasteiger charge is 2.10. The molecule has 0 aliphatic rings. The van der Waals surface area contributed by atoms with Crippen LogP contribution in [0.15, 0.2) is 36.5 Å². The fourth-order valence-corrected chi connectivity index (χ4v) is 1.33. The summed E-state index contributed by atoms with van der Waals surface area (Å²) in [6.07, 6.45) is 1.49. The lowest BCUT2D eigenvalue weighted by atomic mass is 10.3. The summed E-state index contributed by atoms with van der Waals surface area (Å²) in [7, 11) is 0. The highest BCUT2D eigenvalue weighted by Crippen LogP contribution is 2.18. The van der Waals surface area contributed by atoms with Crippen LogP contribution in [0, 0.1) is 6.92 Å². The Morgan fingerprint density at radius 1 is 1.29 bits per heavy atom. The predicted molar refractivity (Wildman–Crippen MR) is 62.8 cm³/mol. The summed E-state index contributed by atoms with van der Waals surface area (Å²) in [6.45, 7) is 1.80. The number of anilines is 1. The Kier molecular flexibility index (Phi) is 3.00. The van der Waals surface area contributed by atoms with Crippen molar-refractivity contribution < 1.29 is 9.90 Å². The third kappa shape index (κ3) is 2.57. The number of hydrogen-bond donors (Lipinski definition) is 2. The van der Waals surface area contributed by atoms with Gasteiger partial charge in [0, 0.05) is 11.9 Å². The SMILES string of the molecule is Cc1cccc(C(=O)Nc2ncccc2O)n1. The minimum absolute atomic E-state index is 0.0755. The van der Waals surface area contributed by atoms with Gasteiger partial charge in [0.05, 0.1) is 0 Å². The minimum Gasteiger partial charge on any atom is -0.504 e. The molecule has 0 spiro atoms. The summed E-state index contributed by atoms with van der Waals surface area (Å²) < 4.78 is 0. The van der Waals surface area contributed by atoms with Gasteiger partial charge in [-0.05, 0) is 31.2 Å². The standard InChI is InChI=1S/C12H11N3O2/c1-8-4-2-5-9(14-8)12(17)15-11-10(16)6-3-7-13-11/h2-7,16H,1H3,(H,13,15,17). The number of aromatic nitrogens is 2. The van der Waals surface area contributed by atoms with E-state index in [2.05, 4.69) is 15.3 Å². The molecular weight excluding hydrogens is 218 g/mol. The molecule has 2 heterocycles. The number of nitrogens with zero attached hydrogens (tertiary/aromatic N) is 2. The van der Waals surface area contributed by atoms with Crippen LogP contribution < -0.4 is 5.32 Å². The number of aromatic hydroxyl groups is 1. The minimum atomic E-state index is -0.400. The van der Waals surface area contributed by atoms with E-state index in [4.69, 9.17) is 0 Å². The van der Waals surface area contributed by atoms with E-state index in [1.165, 1.54) is 12.3 Å². The van der Waals surface area contributed by atoms with Crippen LogP contribution in [0.2, 0.25) is 0 Å². The van der Waals surface area contributed by atoms with E-state index in [0.29, 0.717) is 0 Å². The number of carbonyl (C=O) groups excluding carboxylic acids is 1. The molecular formula is C12H11N3O2. The van der Waals surface area contributed by atoms with Gasteiger partial charge in [-0.3, -0.25) is 4.79 Å². The van der Waals surface area contributed by atoms with Crippen LogP contribution in [0.3, 0.4) is 0 Å². The quantitative estimate of drug-likeness (QED) is 0.822. The van der Waals surface area contributed by atoms with Gasteiger partial charge in [0.2, 0.25) is 0 Å². The number of hydrogen-bond acceptors (Lipinski definition) is 4. The summed E-state index contributed by atoms with van der Waals surface area (Å²) in [5, 5.41) is 12.0. The second-order valence-electron chi connectivity index (χ2n) is 3.49. The molecule has 0 aliphatic heterocycles. The number of nitrogens with one attached hydrogen (secondary N) is 1. The second kappa shape index (κ2) is 4.61. The van der Waals surface area contributed by atoms with Crippen molar-refractivity contribution in [1.29, 1.82) is 0 Å². The number of rotatable bonds is 2. The molecule has 0 atom stereocenters. The maximum Gasteiger partial charge on any atom is 0.275 e. The van der Waals surface area contributed by atoms with E-state index in [0.717, 1.165) is 5.69 Å². The predicted octanol–water partition coefficient (Wildman–Crippen LogP) is 1.74. The van der Waals surface area contributed by atoms with Crippen LogP contribution in [0.25, 0.3) is 0 Å². The molecule has 0 aliphatic carbocycles. The Hall–Kier alpha value is -2.43. The molecule has 0 fully saturated rings. The van der Waals surface area contributed by atoms with Crippen molar-refractivity contribution in [3.63, 3.8) is 0 Å². The maximum atomic E-state index is 11.8. The number of carbonyl (C=O) groups is 1. The second-order valence-corrected chi connectivity index (χ2v) is 3.49. The molecule has 0 bridgehead atoms. The molecule has 5 heteroatoms. The Bertz CT molecular complexity index is 555. The van der Waals surface area contributed by atoms with E-state index in [1.807, 2.05) is 0 Å². The lowest BCUT2D eigenvalue weighted by Crippen LogP contribution is -2.14. The van der Waals surface area contributed by atoms with Gasteiger partial charge >= 0.3 is 0 Å². The van der Waals surface area contributed by atoms with Crippen LogP contribution >= 0.6 is 0 Å². The van der Waals surface area contributed by atoms with E-state index in [1.54, 1.807) is 31.2 Å². The molecule has 1 amide bonds. The average Bonchev–Trinajstić information content (AvgIpc) is 2.32. The largest absolute Gasteiger partial charge is 0.504 e. The molecule has 0 saturated heterocycles. The van der Waals surface area contributed by atoms with Gasteiger partial charge in [-0.25, -0.2) is 9.97 Å². The molecule has 2 N–H and O–H groups in total. The number of pyridine rings is 2. The van der Waals surface area contributed by atoms with Crippen LogP contribution in [0.4, 0.5) is 5.82 Å². The monoisotopic (exact) mass is 229 g/mol. The van der Waals surface area contributed by atoms with Crippen molar-refractivity contribution in [2.24, 2.45) is 0 Å². The summed E-state index contributed by atoms with van der Waals surface area (Å²) in [5.41, 5.74) is 1.04. The molecule has 5 nitrogen and oxygen atoms in total. The third-order valence-corrected chi connectivity index (χ3v) is 2.14. The number of amides is 1. The highest BCUT2D eigenvalue weighted by atomic mass is 16.3. The molecule has 0 saturated carbocycles. The molecule has 17 heavy (non-hydrogen) atoms.